The maximum Gasteiger partial charge on any atom is 0.348 e. The molecule has 2 heterocycles. The monoisotopic (exact) mass is 512 g/mol. The number of aliphatic hydroxyl groups excluding tert-OH is 1. The van der Waals surface area contributed by atoms with E-state index in [1.807, 2.05) is 18.2 Å². The zero-order chi connectivity index (χ0) is 24.3. The number of hydrogen-bond acceptors (Lipinski definition) is 6. The molecule has 192 valence electrons. The Morgan fingerprint density at radius 2 is 2.18 bits per heavy atom. The minimum absolute atomic E-state index is 0.0161. The zero-order valence-corrected chi connectivity index (χ0v) is 22.2. The molecule has 2 aliphatic rings. The summed E-state index contributed by atoms with van der Waals surface area (Å²) in [5, 5.41) is 10.5. The summed E-state index contributed by atoms with van der Waals surface area (Å²) < 4.78 is 17.1. The van der Waals surface area contributed by atoms with Gasteiger partial charge >= 0.3 is 5.97 Å². The number of alkyl halides is 1. The molecular weight excluding hydrogens is 472 g/mol. The number of rotatable bonds is 13. The van der Waals surface area contributed by atoms with Gasteiger partial charge < -0.3 is 19.3 Å². The molecular formula is C27H41ClO5S. The summed E-state index contributed by atoms with van der Waals surface area (Å²) >= 11 is 8.37. The van der Waals surface area contributed by atoms with Gasteiger partial charge in [0.25, 0.3) is 0 Å². The summed E-state index contributed by atoms with van der Waals surface area (Å²) in [5.74, 6) is 0.178. The lowest BCUT2D eigenvalue weighted by Crippen LogP contribution is -2.30. The molecule has 1 saturated carbocycles. The number of unbranched alkanes of at least 4 members (excludes halogenated alkanes) is 2. The van der Waals surface area contributed by atoms with Crippen LogP contribution in [0.2, 0.25) is 0 Å². The number of ether oxygens (including phenoxy) is 3. The van der Waals surface area contributed by atoms with E-state index in [0.717, 1.165) is 77.2 Å². The van der Waals surface area contributed by atoms with Crippen LogP contribution in [0.5, 0.6) is 0 Å². The number of hydrogen-bond donors (Lipinski definition) is 1. The Bertz CT molecular complexity index is 760. The van der Waals surface area contributed by atoms with E-state index in [9.17, 15) is 9.90 Å². The van der Waals surface area contributed by atoms with E-state index < -0.39 is 6.10 Å². The molecule has 1 aliphatic heterocycles. The molecule has 1 saturated heterocycles. The van der Waals surface area contributed by atoms with Crippen LogP contribution in [-0.2, 0) is 20.6 Å². The lowest BCUT2D eigenvalue weighted by atomic mass is 9.88. The minimum Gasteiger partial charge on any atom is -0.465 e. The van der Waals surface area contributed by atoms with E-state index in [4.69, 9.17) is 25.8 Å². The molecule has 0 aromatic carbocycles. The molecule has 34 heavy (non-hydrogen) atoms. The van der Waals surface area contributed by atoms with Gasteiger partial charge in [0, 0.05) is 22.8 Å². The number of halogens is 1. The molecule has 3 rings (SSSR count). The van der Waals surface area contributed by atoms with E-state index in [1.165, 1.54) is 23.3 Å². The van der Waals surface area contributed by atoms with Crippen molar-refractivity contribution >= 4 is 28.9 Å². The van der Waals surface area contributed by atoms with Gasteiger partial charge in [0.05, 0.1) is 19.3 Å². The molecule has 2 unspecified atom stereocenters. The predicted molar refractivity (Wildman–Crippen MR) is 138 cm³/mol. The van der Waals surface area contributed by atoms with Crippen LogP contribution >= 0.6 is 22.9 Å². The number of carbonyl (C=O) groups excluding carboxylic acids is 1. The van der Waals surface area contributed by atoms with E-state index in [2.05, 4.69) is 13.0 Å². The Hall–Kier alpha value is -0.920. The number of aryl methyl sites for hydroxylation is 1. The average Bonchev–Trinajstić information content (AvgIpc) is 3.42. The highest BCUT2D eigenvalue weighted by molar-refractivity contribution is 7.13. The summed E-state index contributed by atoms with van der Waals surface area (Å²) in [7, 11) is 1.41. The Kier molecular flexibility index (Phi) is 11.9. The maximum atomic E-state index is 11.7. The van der Waals surface area contributed by atoms with Crippen molar-refractivity contribution in [1.82, 2.24) is 0 Å². The van der Waals surface area contributed by atoms with Crippen molar-refractivity contribution in [3.05, 3.63) is 34.0 Å². The van der Waals surface area contributed by atoms with Crippen molar-refractivity contribution in [2.24, 2.45) is 11.8 Å². The van der Waals surface area contributed by atoms with Crippen LogP contribution in [0.25, 0.3) is 0 Å². The molecule has 2 fully saturated rings. The van der Waals surface area contributed by atoms with Gasteiger partial charge in [-0.3, -0.25) is 0 Å². The molecule has 0 spiro atoms. The van der Waals surface area contributed by atoms with E-state index in [-0.39, 0.29) is 35.6 Å². The number of esters is 1. The van der Waals surface area contributed by atoms with Gasteiger partial charge in [-0.1, -0.05) is 38.3 Å². The number of methoxy groups -OCH3 is 1. The largest absolute Gasteiger partial charge is 0.465 e. The third kappa shape index (κ3) is 8.34. The Labute approximate surface area is 213 Å². The fourth-order valence-corrected chi connectivity index (χ4v) is 6.50. The molecule has 1 aliphatic carbocycles. The van der Waals surface area contributed by atoms with Gasteiger partial charge in [-0.15, -0.1) is 22.9 Å². The third-order valence-corrected chi connectivity index (χ3v) is 8.60. The topological polar surface area (TPSA) is 65.0 Å². The van der Waals surface area contributed by atoms with Crippen LogP contribution in [0.15, 0.2) is 24.3 Å². The van der Waals surface area contributed by atoms with E-state index in [1.54, 1.807) is 0 Å². The number of carbonyl (C=O) groups is 1. The molecule has 7 heteroatoms. The van der Waals surface area contributed by atoms with Gasteiger partial charge in [-0.05, 0) is 69.4 Å². The molecule has 6 atom stereocenters. The quantitative estimate of drug-likeness (QED) is 0.141. The fourth-order valence-electron chi connectivity index (χ4n) is 5.06. The molecule has 5 nitrogen and oxygen atoms in total. The lowest BCUT2D eigenvalue weighted by molar-refractivity contribution is -0.192. The van der Waals surface area contributed by atoms with Gasteiger partial charge in [-0.2, -0.15) is 0 Å². The molecule has 1 aromatic heterocycles. The highest BCUT2D eigenvalue weighted by atomic mass is 35.5. The first-order valence-electron chi connectivity index (χ1n) is 13.0. The van der Waals surface area contributed by atoms with Crippen molar-refractivity contribution in [2.75, 3.05) is 13.7 Å². The van der Waals surface area contributed by atoms with Gasteiger partial charge in [0.2, 0.25) is 0 Å². The average molecular weight is 513 g/mol. The van der Waals surface area contributed by atoms with Gasteiger partial charge in [0.15, 0.2) is 6.29 Å². The van der Waals surface area contributed by atoms with Crippen molar-refractivity contribution in [3.63, 3.8) is 0 Å². The third-order valence-electron chi connectivity index (χ3n) is 6.98. The normalized spacial score (nSPS) is 28.4. The summed E-state index contributed by atoms with van der Waals surface area (Å²) in [5.41, 5.74) is 0. The summed E-state index contributed by atoms with van der Waals surface area (Å²) in [6.07, 6.45) is 14.6. The lowest BCUT2D eigenvalue weighted by Gasteiger charge is -2.29. The van der Waals surface area contributed by atoms with E-state index >= 15 is 0 Å². The van der Waals surface area contributed by atoms with Crippen molar-refractivity contribution in [2.45, 2.75) is 101 Å². The van der Waals surface area contributed by atoms with Crippen LogP contribution < -0.4 is 0 Å². The minimum atomic E-state index is -0.420. The molecule has 1 N–H and O–H groups in total. The first kappa shape index (κ1) is 27.7. The maximum absolute atomic E-state index is 11.7. The molecule has 0 radical (unpaired) electrons. The van der Waals surface area contributed by atoms with Gasteiger partial charge in [0.1, 0.15) is 4.88 Å². The van der Waals surface area contributed by atoms with Crippen LogP contribution in [0.3, 0.4) is 0 Å². The van der Waals surface area contributed by atoms with Crippen molar-refractivity contribution in [1.29, 1.82) is 0 Å². The van der Waals surface area contributed by atoms with Crippen molar-refractivity contribution in [3.8, 4) is 0 Å². The summed E-state index contributed by atoms with van der Waals surface area (Å²) in [4.78, 5) is 13.6. The highest BCUT2D eigenvalue weighted by Crippen LogP contribution is 2.43. The van der Waals surface area contributed by atoms with Crippen LogP contribution in [-0.4, -0.2) is 48.7 Å². The number of thiophene rings is 1. The molecule has 1 aromatic rings. The zero-order valence-electron chi connectivity index (χ0n) is 20.6. The second kappa shape index (κ2) is 14.6. The second-order valence-corrected chi connectivity index (χ2v) is 11.3. The molecule has 0 amide bonds. The first-order chi connectivity index (χ1) is 16.5. The predicted octanol–water partition coefficient (Wildman–Crippen LogP) is 6.51. The fraction of sp³-hybridized carbons (Fsp3) is 0.741. The smallest absolute Gasteiger partial charge is 0.348 e. The Balaban J connectivity index is 1.60. The Morgan fingerprint density at radius 3 is 2.91 bits per heavy atom. The standard InChI is InChI=1S/C27H41ClO5S/c1-3-4-5-9-19(29)13-15-22-21(11-8-10-20-14-16-25(34-20)27(30)31-2)23(28)18-24(22)33-26-12-6-7-17-32-26/h13-16,19,21-24,26,29H,3-12,17-18H2,1-2H3/b15-13+/t19?,21-,22-,23-,24-,26?/m1/s1. The molecule has 0 bridgehead atoms. The second-order valence-electron chi connectivity index (χ2n) is 9.56. The van der Waals surface area contributed by atoms with E-state index in [0.29, 0.717) is 4.88 Å². The summed E-state index contributed by atoms with van der Waals surface area (Å²) in [6, 6.07) is 3.85. The SMILES string of the molecule is CCCCCC(O)/C=C/[C@@H]1[C@@H](CCCc2ccc(C(=O)OC)s2)[C@H](Cl)C[C@H]1OC1CCCCO1. The van der Waals surface area contributed by atoms with Crippen LogP contribution in [0.1, 0.15) is 85.7 Å². The Morgan fingerprint density at radius 1 is 1.32 bits per heavy atom. The number of aliphatic hydroxyl groups is 1. The van der Waals surface area contributed by atoms with Gasteiger partial charge in [-0.25, -0.2) is 4.79 Å². The van der Waals surface area contributed by atoms with Crippen molar-refractivity contribution < 1.29 is 24.1 Å². The van der Waals surface area contributed by atoms with Crippen LogP contribution in [0.4, 0.5) is 0 Å². The highest BCUT2D eigenvalue weighted by Gasteiger charge is 2.42. The first-order valence-corrected chi connectivity index (χ1v) is 14.2. The van der Waals surface area contributed by atoms with Crippen LogP contribution in [0, 0.1) is 11.8 Å². The summed E-state index contributed by atoms with van der Waals surface area (Å²) in [6.45, 7) is 2.93.